The van der Waals surface area contributed by atoms with Crippen molar-refractivity contribution < 1.29 is 19.4 Å². The maximum Gasteiger partial charge on any atom is 0.273 e. The number of aromatic nitrogens is 3. The van der Waals surface area contributed by atoms with Crippen molar-refractivity contribution in [1.29, 1.82) is 0 Å². The first-order chi connectivity index (χ1) is 13.1. The highest BCUT2D eigenvalue weighted by molar-refractivity contribution is 5.93. The molecule has 1 aromatic carbocycles. The summed E-state index contributed by atoms with van der Waals surface area (Å²) in [5, 5.41) is 24.4. The lowest BCUT2D eigenvalue weighted by atomic mass is 10.1. The van der Waals surface area contributed by atoms with Crippen LogP contribution in [0.4, 0.5) is 0 Å². The first-order valence-electron chi connectivity index (χ1n) is 8.91. The van der Waals surface area contributed by atoms with Crippen LogP contribution in [0.5, 0.6) is 5.75 Å². The molecule has 1 aromatic heterocycles. The van der Waals surface area contributed by atoms with E-state index in [1.165, 1.54) is 4.80 Å². The molecule has 0 radical (unpaired) electrons. The molecule has 2 heterocycles. The van der Waals surface area contributed by atoms with Gasteiger partial charge in [0.15, 0.2) is 5.69 Å². The minimum absolute atomic E-state index is 0. The van der Waals surface area contributed by atoms with E-state index in [4.69, 9.17) is 9.47 Å². The normalized spacial score (nSPS) is 18.5. The van der Waals surface area contributed by atoms with Crippen molar-refractivity contribution in [2.45, 2.75) is 13.0 Å². The molecule has 9 nitrogen and oxygen atoms in total. The summed E-state index contributed by atoms with van der Waals surface area (Å²) in [5.41, 5.74) is 1.54. The van der Waals surface area contributed by atoms with Crippen molar-refractivity contribution in [3.05, 3.63) is 35.7 Å². The van der Waals surface area contributed by atoms with Crippen LogP contribution in [0.25, 0.3) is 5.69 Å². The van der Waals surface area contributed by atoms with Crippen LogP contribution in [0.15, 0.2) is 24.3 Å². The standard InChI is InChI=1S/C18H25N5O4.ClH/c1-12-17(18(25)20-10-13-9-19-11-16(13)24)22-23(21-12)14-3-5-15(6-4-14)27-8-7-26-2;/h3-6,13,16,19,24H,7-11H2,1-2H3,(H,20,25);1H. The van der Waals surface area contributed by atoms with Crippen LogP contribution >= 0.6 is 12.4 Å². The Bertz CT molecular complexity index is 768. The molecule has 1 saturated heterocycles. The van der Waals surface area contributed by atoms with Crippen LogP contribution in [-0.4, -0.2) is 72.1 Å². The zero-order valence-corrected chi connectivity index (χ0v) is 16.7. The molecule has 2 atom stereocenters. The second-order valence-corrected chi connectivity index (χ2v) is 6.45. The van der Waals surface area contributed by atoms with Gasteiger partial charge in [-0.05, 0) is 31.2 Å². The third-order valence-corrected chi connectivity index (χ3v) is 4.45. The average molecular weight is 412 g/mol. The number of aryl methyl sites for hydroxylation is 1. The van der Waals surface area contributed by atoms with E-state index in [0.717, 1.165) is 11.4 Å². The van der Waals surface area contributed by atoms with Crippen LogP contribution in [0.3, 0.4) is 0 Å². The molecule has 2 unspecified atom stereocenters. The minimum atomic E-state index is -0.438. The van der Waals surface area contributed by atoms with Crippen molar-refractivity contribution >= 4 is 18.3 Å². The lowest BCUT2D eigenvalue weighted by molar-refractivity contribution is 0.0921. The van der Waals surface area contributed by atoms with Crippen molar-refractivity contribution in [3.8, 4) is 11.4 Å². The summed E-state index contributed by atoms with van der Waals surface area (Å²) in [5.74, 6) is 0.439. The summed E-state index contributed by atoms with van der Waals surface area (Å²) in [4.78, 5) is 13.8. The number of nitrogens with zero attached hydrogens (tertiary/aromatic N) is 3. The van der Waals surface area contributed by atoms with E-state index in [2.05, 4.69) is 20.8 Å². The van der Waals surface area contributed by atoms with Crippen LogP contribution < -0.4 is 15.4 Å². The summed E-state index contributed by atoms with van der Waals surface area (Å²) < 4.78 is 10.5. The maximum atomic E-state index is 12.4. The first kappa shape index (κ1) is 22.1. The Hall–Kier alpha value is -2.20. The quantitative estimate of drug-likeness (QED) is 0.537. The van der Waals surface area contributed by atoms with Gasteiger partial charge >= 0.3 is 0 Å². The molecule has 10 heteroatoms. The zero-order valence-electron chi connectivity index (χ0n) is 15.9. The molecule has 0 saturated carbocycles. The molecule has 0 aliphatic carbocycles. The molecular weight excluding hydrogens is 386 g/mol. The molecule has 1 aliphatic rings. The lowest BCUT2D eigenvalue weighted by Gasteiger charge is -2.13. The third-order valence-electron chi connectivity index (χ3n) is 4.45. The number of methoxy groups -OCH3 is 1. The monoisotopic (exact) mass is 411 g/mol. The number of halogens is 1. The van der Waals surface area contributed by atoms with E-state index in [9.17, 15) is 9.90 Å². The molecule has 1 aliphatic heterocycles. The molecule has 154 valence electrons. The van der Waals surface area contributed by atoms with E-state index < -0.39 is 6.10 Å². The van der Waals surface area contributed by atoms with Crippen LogP contribution in [-0.2, 0) is 4.74 Å². The molecule has 0 spiro atoms. The van der Waals surface area contributed by atoms with Gasteiger partial charge in [0.1, 0.15) is 12.4 Å². The summed E-state index contributed by atoms with van der Waals surface area (Å²) >= 11 is 0. The van der Waals surface area contributed by atoms with Crippen molar-refractivity contribution in [2.75, 3.05) is 40.0 Å². The number of amides is 1. The number of hydrogen-bond acceptors (Lipinski definition) is 7. The topological polar surface area (TPSA) is 111 Å². The molecule has 0 bridgehead atoms. The number of rotatable bonds is 8. The van der Waals surface area contributed by atoms with Gasteiger partial charge in [0.2, 0.25) is 0 Å². The van der Waals surface area contributed by atoms with Gasteiger partial charge in [0.05, 0.1) is 24.1 Å². The van der Waals surface area contributed by atoms with Crippen LogP contribution in [0.1, 0.15) is 16.2 Å². The number of carbonyl (C=O) groups is 1. The molecular formula is C18H26ClN5O4. The second-order valence-electron chi connectivity index (χ2n) is 6.45. The van der Waals surface area contributed by atoms with Crippen LogP contribution in [0.2, 0.25) is 0 Å². The summed E-state index contributed by atoms with van der Waals surface area (Å²) in [6.07, 6.45) is -0.438. The smallest absolute Gasteiger partial charge is 0.273 e. The van der Waals surface area contributed by atoms with Gasteiger partial charge in [-0.1, -0.05) is 0 Å². The number of hydrogen-bond donors (Lipinski definition) is 3. The number of benzene rings is 1. The number of β-amino-alcohol motifs (C(OH)–C–C–N with tert-alkyl or cyclic N) is 1. The first-order valence-corrected chi connectivity index (χ1v) is 8.91. The van der Waals surface area contributed by atoms with Gasteiger partial charge in [-0.25, -0.2) is 0 Å². The Morgan fingerprint density at radius 3 is 2.68 bits per heavy atom. The fourth-order valence-electron chi connectivity index (χ4n) is 2.86. The fraction of sp³-hybridized carbons (Fsp3) is 0.500. The van der Waals surface area contributed by atoms with Gasteiger partial charge in [0, 0.05) is 32.7 Å². The Labute approximate surface area is 169 Å². The molecule has 1 amide bonds. The Kier molecular flexibility index (Phi) is 8.18. The Morgan fingerprint density at radius 2 is 2.04 bits per heavy atom. The summed E-state index contributed by atoms with van der Waals surface area (Å²) in [6, 6.07) is 7.28. The molecule has 3 rings (SSSR count). The lowest BCUT2D eigenvalue weighted by Crippen LogP contribution is -2.34. The SMILES string of the molecule is COCCOc1ccc(-n2nc(C)c(C(=O)NCC3CNCC3O)n2)cc1.Cl. The van der Waals surface area contributed by atoms with Gasteiger partial charge in [-0.3, -0.25) is 4.79 Å². The van der Waals surface area contributed by atoms with E-state index >= 15 is 0 Å². The predicted octanol–water partition coefficient (Wildman–Crippen LogP) is 0.333. The largest absolute Gasteiger partial charge is 0.491 e. The van der Waals surface area contributed by atoms with Crippen molar-refractivity contribution in [1.82, 2.24) is 25.6 Å². The molecule has 28 heavy (non-hydrogen) atoms. The predicted molar refractivity (Wildman–Crippen MR) is 105 cm³/mol. The maximum absolute atomic E-state index is 12.4. The minimum Gasteiger partial charge on any atom is -0.491 e. The zero-order chi connectivity index (χ0) is 19.2. The number of aliphatic hydroxyl groups is 1. The fourth-order valence-corrected chi connectivity index (χ4v) is 2.86. The van der Waals surface area contributed by atoms with Crippen LogP contribution in [0, 0.1) is 12.8 Å². The van der Waals surface area contributed by atoms with Gasteiger partial charge < -0.3 is 25.2 Å². The van der Waals surface area contributed by atoms with E-state index in [-0.39, 0.29) is 29.9 Å². The van der Waals surface area contributed by atoms with Crippen molar-refractivity contribution in [2.24, 2.45) is 5.92 Å². The summed E-state index contributed by atoms with van der Waals surface area (Å²) in [7, 11) is 1.62. The average Bonchev–Trinajstić information content (AvgIpc) is 3.26. The third kappa shape index (κ3) is 5.41. The van der Waals surface area contributed by atoms with E-state index in [1.54, 1.807) is 14.0 Å². The highest BCUT2D eigenvalue weighted by Gasteiger charge is 2.26. The van der Waals surface area contributed by atoms with Gasteiger partial charge in [-0.2, -0.15) is 9.90 Å². The summed E-state index contributed by atoms with van der Waals surface area (Å²) in [6.45, 7) is 4.38. The van der Waals surface area contributed by atoms with Crippen molar-refractivity contribution in [3.63, 3.8) is 0 Å². The number of ether oxygens (including phenoxy) is 2. The number of nitrogens with one attached hydrogen (secondary N) is 2. The Morgan fingerprint density at radius 1 is 1.29 bits per heavy atom. The molecule has 2 aromatic rings. The molecule has 3 N–H and O–H groups in total. The second kappa shape index (κ2) is 10.4. The Balaban J connectivity index is 0.00000280. The van der Waals surface area contributed by atoms with Gasteiger partial charge in [0.25, 0.3) is 5.91 Å². The highest BCUT2D eigenvalue weighted by Crippen LogP contribution is 2.15. The molecule has 1 fully saturated rings. The number of carbonyl (C=O) groups excluding carboxylic acids is 1. The van der Waals surface area contributed by atoms with E-state index in [0.29, 0.717) is 38.5 Å². The van der Waals surface area contributed by atoms with E-state index in [1.807, 2.05) is 24.3 Å². The number of aliphatic hydroxyl groups excluding tert-OH is 1. The van der Waals surface area contributed by atoms with Gasteiger partial charge in [-0.15, -0.1) is 17.5 Å². The highest BCUT2D eigenvalue weighted by atomic mass is 35.5.